The Labute approximate surface area is 132 Å². The molecule has 22 heavy (non-hydrogen) atoms. The Kier molecular flexibility index (Phi) is 5.23. The number of hydrogen-bond donors (Lipinski definition) is 0. The summed E-state index contributed by atoms with van der Waals surface area (Å²) in [5.41, 5.74) is 1.14. The molecule has 3 heterocycles. The van der Waals surface area contributed by atoms with Crippen molar-refractivity contribution in [3.05, 3.63) is 18.0 Å². The second-order valence-electron chi connectivity index (χ2n) is 6.18. The lowest BCUT2D eigenvalue weighted by Gasteiger charge is -2.48. The van der Waals surface area contributed by atoms with Gasteiger partial charge in [-0.25, -0.2) is 9.97 Å². The molecule has 2 saturated heterocycles. The molecule has 0 amide bonds. The number of ether oxygens (including phenoxy) is 2. The van der Waals surface area contributed by atoms with E-state index in [0.717, 1.165) is 45.0 Å². The maximum Gasteiger partial charge on any atom is 0.316 e. The number of methoxy groups -OCH3 is 1. The van der Waals surface area contributed by atoms with Gasteiger partial charge in [0.25, 0.3) is 0 Å². The van der Waals surface area contributed by atoms with Crippen LogP contribution in [0.2, 0.25) is 0 Å². The number of fused-ring (bicyclic) bond motifs is 1. The first-order valence-electron chi connectivity index (χ1n) is 8.21. The Morgan fingerprint density at radius 2 is 2.09 bits per heavy atom. The fraction of sp³-hybridized carbons (Fsp3) is 0.750. The van der Waals surface area contributed by atoms with E-state index in [9.17, 15) is 0 Å². The fourth-order valence-corrected chi connectivity index (χ4v) is 3.51. The summed E-state index contributed by atoms with van der Waals surface area (Å²) in [6, 6.07) is 1.56. The van der Waals surface area contributed by atoms with Gasteiger partial charge < -0.3 is 9.47 Å². The maximum absolute atomic E-state index is 5.82. The van der Waals surface area contributed by atoms with Gasteiger partial charge in [0.05, 0.1) is 20.3 Å². The van der Waals surface area contributed by atoms with Crippen LogP contribution in [0.15, 0.2) is 12.4 Å². The normalized spacial score (nSPS) is 26.6. The minimum absolute atomic E-state index is 0.427. The first-order valence-corrected chi connectivity index (χ1v) is 8.21. The van der Waals surface area contributed by atoms with Crippen molar-refractivity contribution in [1.82, 2.24) is 19.8 Å². The van der Waals surface area contributed by atoms with Crippen LogP contribution >= 0.6 is 0 Å². The third-order valence-corrected chi connectivity index (χ3v) is 4.59. The number of morpholine rings is 1. The van der Waals surface area contributed by atoms with Crippen molar-refractivity contribution in [2.75, 3.05) is 40.0 Å². The highest BCUT2D eigenvalue weighted by atomic mass is 16.5. The minimum atomic E-state index is 0.427. The van der Waals surface area contributed by atoms with Crippen LogP contribution in [-0.2, 0) is 11.3 Å². The third-order valence-electron chi connectivity index (χ3n) is 4.59. The van der Waals surface area contributed by atoms with Crippen LogP contribution in [0.5, 0.6) is 6.01 Å². The molecule has 6 nitrogen and oxygen atoms in total. The van der Waals surface area contributed by atoms with Gasteiger partial charge in [-0.3, -0.25) is 9.80 Å². The van der Waals surface area contributed by atoms with E-state index >= 15 is 0 Å². The summed E-state index contributed by atoms with van der Waals surface area (Å²) in [4.78, 5) is 13.5. The van der Waals surface area contributed by atoms with Gasteiger partial charge in [-0.2, -0.15) is 0 Å². The molecule has 0 unspecified atom stereocenters. The van der Waals surface area contributed by atoms with Gasteiger partial charge in [0.15, 0.2) is 0 Å². The smallest absolute Gasteiger partial charge is 0.316 e. The largest absolute Gasteiger partial charge is 0.467 e. The third kappa shape index (κ3) is 3.56. The Morgan fingerprint density at radius 3 is 2.82 bits per heavy atom. The molecule has 6 heteroatoms. The van der Waals surface area contributed by atoms with Gasteiger partial charge >= 0.3 is 6.01 Å². The van der Waals surface area contributed by atoms with Gasteiger partial charge in [-0.1, -0.05) is 13.3 Å². The summed E-state index contributed by atoms with van der Waals surface area (Å²) in [7, 11) is 1.59. The van der Waals surface area contributed by atoms with E-state index in [-0.39, 0.29) is 0 Å². The van der Waals surface area contributed by atoms with E-state index in [1.807, 2.05) is 12.4 Å². The number of hydrogen-bond acceptors (Lipinski definition) is 6. The lowest BCUT2D eigenvalue weighted by molar-refractivity contribution is -0.0840. The van der Waals surface area contributed by atoms with Gasteiger partial charge in [0.2, 0.25) is 0 Å². The van der Waals surface area contributed by atoms with E-state index in [2.05, 4.69) is 26.7 Å². The van der Waals surface area contributed by atoms with E-state index < -0.39 is 0 Å². The SMILES string of the molecule is CCC[C@H]1COC[C@H]2CN(Cc3cnc(OC)nc3)CCN12. The lowest BCUT2D eigenvalue weighted by atomic mass is 10.0. The van der Waals surface area contributed by atoms with Gasteiger partial charge in [0.1, 0.15) is 0 Å². The minimum Gasteiger partial charge on any atom is -0.467 e. The number of aromatic nitrogens is 2. The number of rotatable bonds is 5. The van der Waals surface area contributed by atoms with Crippen molar-refractivity contribution >= 4 is 0 Å². The number of piperazine rings is 1. The highest BCUT2D eigenvalue weighted by Gasteiger charge is 2.34. The summed E-state index contributed by atoms with van der Waals surface area (Å²) >= 11 is 0. The van der Waals surface area contributed by atoms with Crippen molar-refractivity contribution < 1.29 is 9.47 Å². The molecular formula is C16H26N4O2. The van der Waals surface area contributed by atoms with Gasteiger partial charge in [-0.15, -0.1) is 0 Å². The molecule has 1 aromatic heterocycles. The van der Waals surface area contributed by atoms with Crippen LogP contribution < -0.4 is 4.74 Å². The summed E-state index contributed by atoms with van der Waals surface area (Å²) < 4.78 is 10.8. The van der Waals surface area contributed by atoms with E-state index in [1.165, 1.54) is 12.8 Å². The van der Waals surface area contributed by atoms with Gasteiger partial charge in [-0.05, 0) is 6.42 Å². The summed E-state index contributed by atoms with van der Waals surface area (Å²) in [5, 5.41) is 0. The molecule has 0 aromatic carbocycles. The highest BCUT2D eigenvalue weighted by molar-refractivity contribution is 5.07. The fourth-order valence-electron chi connectivity index (χ4n) is 3.51. The molecule has 0 bridgehead atoms. The molecule has 3 rings (SSSR count). The van der Waals surface area contributed by atoms with Crippen LogP contribution in [0.1, 0.15) is 25.3 Å². The van der Waals surface area contributed by atoms with Crippen LogP contribution in [0.4, 0.5) is 0 Å². The molecule has 0 radical (unpaired) electrons. The van der Waals surface area contributed by atoms with Crippen molar-refractivity contribution in [3.63, 3.8) is 0 Å². The highest BCUT2D eigenvalue weighted by Crippen LogP contribution is 2.22. The van der Waals surface area contributed by atoms with E-state index in [4.69, 9.17) is 9.47 Å². The molecule has 2 fully saturated rings. The van der Waals surface area contributed by atoms with Crippen LogP contribution in [0.3, 0.4) is 0 Å². The second kappa shape index (κ2) is 7.35. The van der Waals surface area contributed by atoms with Crippen LogP contribution in [0, 0.1) is 0 Å². The molecule has 2 aliphatic heterocycles. The first kappa shape index (κ1) is 15.6. The molecule has 0 N–H and O–H groups in total. The summed E-state index contributed by atoms with van der Waals surface area (Å²) in [6.07, 6.45) is 6.18. The van der Waals surface area contributed by atoms with Crippen molar-refractivity contribution in [2.45, 2.75) is 38.4 Å². The van der Waals surface area contributed by atoms with E-state index in [0.29, 0.717) is 18.1 Å². The Hall–Kier alpha value is -1.24. The molecule has 0 spiro atoms. The van der Waals surface area contributed by atoms with Crippen molar-refractivity contribution in [2.24, 2.45) is 0 Å². The first-order chi connectivity index (χ1) is 10.8. The zero-order valence-corrected chi connectivity index (χ0v) is 13.6. The molecule has 122 valence electrons. The Bertz CT molecular complexity index is 466. The zero-order chi connectivity index (χ0) is 15.4. The monoisotopic (exact) mass is 306 g/mol. The van der Waals surface area contributed by atoms with Crippen molar-refractivity contribution in [1.29, 1.82) is 0 Å². The summed E-state index contributed by atoms with van der Waals surface area (Å²) in [5.74, 6) is 0. The van der Waals surface area contributed by atoms with Crippen LogP contribution in [0.25, 0.3) is 0 Å². The molecule has 2 aliphatic rings. The van der Waals surface area contributed by atoms with Crippen LogP contribution in [-0.4, -0.2) is 71.8 Å². The number of nitrogens with zero attached hydrogens (tertiary/aromatic N) is 4. The molecule has 2 atom stereocenters. The maximum atomic E-state index is 5.82. The molecule has 0 saturated carbocycles. The van der Waals surface area contributed by atoms with Gasteiger partial charge in [0, 0.05) is 56.2 Å². The second-order valence-corrected chi connectivity index (χ2v) is 6.18. The zero-order valence-electron chi connectivity index (χ0n) is 13.6. The molecule has 0 aliphatic carbocycles. The quantitative estimate of drug-likeness (QED) is 0.814. The summed E-state index contributed by atoms with van der Waals surface area (Å²) in [6.45, 7) is 8.20. The van der Waals surface area contributed by atoms with E-state index in [1.54, 1.807) is 7.11 Å². The standard InChI is InChI=1S/C16H26N4O2/c1-3-4-14-11-22-12-15-10-19(5-6-20(14)15)9-13-7-17-16(21-2)18-8-13/h7-8,14-15H,3-6,9-12H2,1-2H3/t14-,15+/m0/s1. The van der Waals surface area contributed by atoms with Crippen molar-refractivity contribution in [3.8, 4) is 6.01 Å². The topological polar surface area (TPSA) is 50.7 Å². The Balaban J connectivity index is 1.57. The predicted molar refractivity (Wildman–Crippen MR) is 83.9 cm³/mol. The lowest BCUT2D eigenvalue weighted by Crippen LogP contribution is -2.61. The average molecular weight is 306 g/mol. The Morgan fingerprint density at radius 1 is 1.27 bits per heavy atom. The average Bonchev–Trinajstić information content (AvgIpc) is 2.56. The molecule has 1 aromatic rings. The molecular weight excluding hydrogens is 280 g/mol. The predicted octanol–water partition coefficient (Wildman–Crippen LogP) is 1.17.